The molecule has 0 spiro atoms. The minimum Gasteiger partial charge on any atom is -0.497 e. The highest BCUT2D eigenvalue weighted by Crippen LogP contribution is 2.38. The molecule has 180 valence electrons. The predicted octanol–water partition coefficient (Wildman–Crippen LogP) is 4.28. The van der Waals surface area contributed by atoms with Crippen molar-refractivity contribution >= 4 is 17.8 Å². The quantitative estimate of drug-likeness (QED) is 0.522. The van der Waals surface area contributed by atoms with Gasteiger partial charge in [-0.15, -0.1) is 0 Å². The van der Waals surface area contributed by atoms with Crippen LogP contribution in [0.15, 0.2) is 49.1 Å². The van der Waals surface area contributed by atoms with E-state index in [0.29, 0.717) is 36.6 Å². The molecule has 1 atom stereocenters. The molecule has 4 rings (SSSR count). The van der Waals surface area contributed by atoms with Gasteiger partial charge in [-0.25, -0.2) is 4.39 Å². The number of methoxy groups -OCH3 is 1. The third-order valence-electron chi connectivity index (χ3n) is 5.87. The molecule has 7 nitrogen and oxygen atoms in total. The second-order valence-electron chi connectivity index (χ2n) is 8.33. The van der Waals surface area contributed by atoms with Crippen molar-refractivity contribution in [3.63, 3.8) is 0 Å². The second-order valence-corrected chi connectivity index (χ2v) is 8.33. The Morgan fingerprint density at radius 2 is 2.03 bits per heavy atom. The lowest BCUT2D eigenvalue weighted by Gasteiger charge is -2.36. The second kappa shape index (κ2) is 11.6. The first-order valence-corrected chi connectivity index (χ1v) is 11.5. The van der Waals surface area contributed by atoms with Gasteiger partial charge in [0, 0.05) is 61.6 Å². The van der Waals surface area contributed by atoms with E-state index in [1.807, 2.05) is 18.2 Å². The third kappa shape index (κ3) is 6.01. The molecule has 3 aromatic rings. The van der Waals surface area contributed by atoms with Crippen molar-refractivity contribution in [3.05, 3.63) is 71.6 Å². The Bertz CT molecular complexity index is 1240. The van der Waals surface area contributed by atoms with Crippen LogP contribution in [0.4, 0.5) is 10.1 Å². The first kappa shape index (κ1) is 24.3. The minimum absolute atomic E-state index is 0.0590. The lowest BCUT2D eigenvalue weighted by molar-refractivity contribution is 0.0488. The van der Waals surface area contributed by atoms with Crippen molar-refractivity contribution in [2.75, 3.05) is 38.3 Å². The van der Waals surface area contributed by atoms with E-state index in [0.717, 1.165) is 41.8 Å². The molecule has 1 aliphatic heterocycles. The van der Waals surface area contributed by atoms with Gasteiger partial charge in [0.25, 0.3) is 0 Å². The van der Waals surface area contributed by atoms with Crippen LogP contribution >= 0.6 is 0 Å². The zero-order chi connectivity index (χ0) is 24.6. The molecule has 2 N–H and O–H groups in total. The van der Waals surface area contributed by atoms with Crippen LogP contribution in [0, 0.1) is 17.1 Å². The number of piperidine rings is 1. The highest BCUT2D eigenvalue weighted by atomic mass is 19.1. The summed E-state index contributed by atoms with van der Waals surface area (Å²) in [7, 11) is 1.52. The van der Waals surface area contributed by atoms with Crippen molar-refractivity contribution in [1.82, 2.24) is 9.97 Å². The largest absolute Gasteiger partial charge is 0.497 e. The lowest BCUT2D eigenvalue weighted by Crippen LogP contribution is -2.41. The van der Waals surface area contributed by atoms with Crippen molar-refractivity contribution in [1.29, 1.82) is 5.26 Å². The van der Waals surface area contributed by atoms with E-state index >= 15 is 0 Å². The van der Waals surface area contributed by atoms with E-state index in [9.17, 15) is 9.65 Å². The summed E-state index contributed by atoms with van der Waals surface area (Å²) < 4.78 is 25.7. The number of ether oxygens (including phenoxy) is 2. The maximum atomic E-state index is 14.4. The van der Waals surface area contributed by atoms with Crippen LogP contribution in [0.2, 0.25) is 0 Å². The number of nitrogens with zero attached hydrogens (tertiary/aromatic N) is 4. The summed E-state index contributed by atoms with van der Waals surface area (Å²) in [6.07, 6.45) is 12.6. The molecule has 1 aliphatic rings. The van der Waals surface area contributed by atoms with Crippen LogP contribution in [-0.4, -0.2) is 49.4 Å². The first-order valence-electron chi connectivity index (χ1n) is 11.5. The average molecular weight is 474 g/mol. The molecule has 2 aromatic heterocycles. The summed E-state index contributed by atoms with van der Waals surface area (Å²) in [6, 6.07) is 8.54. The maximum Gasteiger partial charge on any atom is 0.127 e. The van der Waals surface area contributed by atoms with Gasteiger partial charge < -0.3 is 20.1 Å². The third-order valence-corrected chi connectivity index (χ3v) is 5.87. The topological polar surface area (TPSA) is 97.3 Å². The Balaban J connectivity index is 1.79. The maximum absolute atomic E-state index is 14.4. The fourth-order valence-corrected chi connectivity index (χ4v) is 4.30. The SMILES string of the molecule is COc1cc(F)cc(-c2cncc(/C=C/c3cncc(C#N)c3)c2N2CCC[C@H](OCCN)C2)c1. The summed E-state index contributed by atoms with van der Waals surface area (Å²) in [5.74, 6) is 0.0579. The van der Waals surface area contributed by atoms with Crippen molar-refractivity contribution in [2.24, 2.45) is 5.73 Å². The normalized spacial score (nSPS) is 15.8. The summed E-state index contributed by atoms with van der Waals surface area (Å²) in [5.41, 5.74) is 10.2. The molecule has 0 bridgehead atoms. The summed E-state index contributed by atoms with van der Waals surface area (Å²) in [5, 5.41) is 9.18. The van der Waals surface area contributed by atoms with E-state index in [2.05, 4.69) is 20.9 Å². The van der Waals surface area contributed by atoms with Gasteiger partial charge >= 0.3 is 0 Å². The standard InChI is InChI=1S/C27H28FN5O2/c1-34-25-11-22(10-23(28)12-25)26-17-32-16-21(5-4-19-9-20(13-30)15-31-14-19)27(26)33-7-2-3-24(18-33)35-8-6-29/h4-5,9-12,14-17,24H,2-3,6-8,18,29H2,1H3/b5-4+/t24-/m0/s1. The van der Waals surface area contributed by atoms with Gasteiger partial charge in [-0.05, 0) is 42.2 Å². The number of hydrogen-bond acceptors (Lipinski definition) is 7. The predicted molar refractivity (Wildman–Crippen MR) is 134 cm³/mol. The Labute approximate surface area is 204 Å². The highest BCUT2D eigenvalue weighted by Gasteiger charge is 2.25. The Kier molecular flexibility index (Phi) is 8.03. The van der Waals surface area contributed by atoms with Crippen LogP contribution in [0.3, 0.4) is 0 Å². The number of pyridine rings is 2. The number of nitrogens with two attached hydrogens (primary N) is 1. The summed E-state index contributed by atoms with van der Waals surface area (Å²) in [4.78, 5) is 10.9. The molecule has 0 aliphatic carbocycles. The number of benzene rings is 1. The highest BCUT2D eigenvalue weighted by molar-refractivity contribution is 5.87. The monoisotopic (exact) mass is 473 g/mol. The number of hydrogen-bond donors (Lipinski definition) is 1. The molecule has 1 aromatic carbocycles. The van der Waals surface area contributed by atoms with E-state index in [-0.39, 0.29) is 11.9 Å². The first-order chi connectivity index (χ1) is 17.1. The number of aromatic nitrogens is 2. The molecule has 3 heterocycles. The fraction of sp³-hybridized carbons (Fsp3) is 0.296. The number of halogens is 1. The van der Waals surface area contributed by atoms with Gasteiger partial charge in [0.15, 0.2) is 0 Å². The average Bonchev–Trinajstić information content (AvgIpc) is 2.90. The number of anilines is 1. The molecule has 1 fully saturated rings. The molecule has 1 saturated heterocycles. The van der Waals surface area contributed by atoms with Crippen LogP contribution in [0.5, 0.6) is 5.75 Å². The van der Waals surface area contributed by atoms with Crippen molar-refractivity contribution in [2.45, 2.75) is 18.9 Å². The minimum atomic E-state index is -0.381. The smallest absolute Gasteiger partial charge is 0.127 e. The van der Waals surface area contributed by atoms with Crippen LogP contribution in [-0.2, 0) is 4.74 Å². The van der Waals surface area contributed by atoms with E-state index in [4.69, 9.17) is 15.2 Å². The molecule has 35 heavy (non-hydrogen) atoms. The van der Waals surface area contributed by atoms with Gasteiger partial charge in [0.1, 0.15) is 17.6 Å². The van der Waals surface area contributed by atoms with Crippen LogP contribution in [0.25, 0.3) is 23.3 Å². The fourth-order valence-electron chi connectivity index (χ4n) is 4.30. The van der Waals surface area contributed by atoms with Crippen molar-refractivity contribution in [3.8, 4) is 22.9 Å². The molecule has 0 unspecified atom stereocenters. The number of rotatable bonds is 8. The molecule has 0 radical (unpaired) electrons. The molecule has 0 amide bonds. The van der Waals surface area contributed by atoms with Gasteiger partial charge in [0.05, 0.1) is 31.1 Å². The number of nitriles is 1. The molecule has 0 saturated carbocycles. The zero-order valence-corrected chi connectivity index (χ0v) is 19.7. The van der Waals surface area contributed by atoms with Crippen LogP contribution < -0.4 is 15.4 Å². The van der Waals surface area contributed by atoms with E-state index in [1.165, 1.54) is 25.4 Å². The summed E-state index contributed by atoms with van der Waals surface area (Å²) >= 11 is 0. The van der Waals surface area contributed by atoms with Gasteiger partial charge in [-0.1, -0.05) is 12.2 Å². The van der Waals surface area contributed by atoms with Crippen LogP contribution in [0.1, 0.15) is 29.5 Å². The van der Waals surface area contributed by atoms with E-state index < -0.39 is 0 Å². The summed E-state index contributed by atoms with van der Waals surface area (Å²) in [6.45, 7) is 2.51. The molecule has 8 heteroatoms. The molecular formula is C27H28FN5O2. The van der Waals surface area contributed by atoms with Gasteiger partial charge in [-0.3, -0.25) is 9.97 Å². The lowest BCUT2D eigenvalue weighted by atomic mass is 9.98. The van der Waals surface area contributed by atoms with Gasteiger partial charge in [0.2, 0.25) is 0 Å². The van der Waals surface area contributed by atoms with E-state index in [1.54, 1.807) is 24.7 Å². The Morgan fingerprint density at radius 3 is 2.83 bits per heavy atom. The molecular weight excluding hydrogens is 445 g/mol. The Hall–Kier alpha value is -3.80. The zero-order valence-electron chi connectivity index (χ0n) is 19.7. The Morgan fingerprint density at radius 1 is 1.17 bits per heavy atom. The van der Waals surface area contributed by atoms with Crippen molar-refractivity contribution < 1.29 is 13.9 Å². The van der Waals surface area contributed by atoms with Gasteiger partial charge in [-0.2, -0.15) is 5.26 Å².